The lowest BCUT2D eigenvalue weighted by Crippen LogP contribution is -2.22. The van der Waals surface area contributed by atoms with E-state index in [-0.39, 0.29) is 36.2 Å². The topological polar surface area (TPSA) is 102 Å². The van der Waals surface area contributed by atoms with Crippen LogP contribution < -0.4 is 25.4 Å². The molecule has 2 aliphatic rings. The summed E-state index contributed by atoms with van der Waals surface area (Å²) in [4.78, 5) is 29.1. The fourth-order valence-electron chi connectivity index (χ4n) is 4.05. The van der Waals surface area contributed by atoms with Crippen molar-refractivity contribution in [2.24, 2.45) is 5.92 Å². The molecule has 0 radical (unpaired) electrons. The number of carbonyl (C=O) groups excluding carboxylic acids is 2. The number of hydrogen-bond donors (Lipinski definition) is 3. The zero-order chi connectivity index (χ0) is 27.6. The second kappa shape index (κ2) is 10.8. The van der Waals surface area contributed by atoms with E-state index in [1.165, 1.54) is 12.3 Å². The second-order valence-electron chi connectivity index (χ2n) is 9.30. The number of carbonyl (C=O) groups is 2. The normalized spacial score (nSPS) is 14.5. The molecule has 0 atom stereocenters. The predicted octanol–water partition coefficient (Wildman–Crippen LogP) is 5.38. The summed E-state index contributed by atoms with van der Waals surface area (Å²) in [6.07, 6.45) is 0.340. The van der Waals surface area contributed by atoms with Crippen LogP contribution in [0.5, 0.6) is 17.2 Å². The molecule has 1 aromatic heterocycles. The van der Waals surface area contributed by atoms with Crippen molar-refractivity contribution in [3.05, 3.63) is 77.0 Å². The SMILES string of the molecule is CNCc1cc(NC(=O)C2=Cc3cc(Oc4ccnc(NC(=O)C5CC5)c4)ccc3OC2)cc(C(F)(F)F)c1. The fourth-order valence-corrected chi connectivity index (χ4v) is 4.05. The van der Waals surface area contributed by atoms with Gasteiger partial charge in [0, 0.05) is 36.0 Å². The van der Waals surface area contributed by atoms with Gasteiger partial charge in [0.25, 0.3) is 5.91 Å². The lowest BCUT2D eigenvalue weighted by Gasteiger charge is -2.19. The van der Waals surface area contributed by atoms with Crippen molar-refractivity contribution >= 4 is 29.4 Å². The average Bonchev–Trinajstić information content (AvgIpc) is 3.74. The monoisotopic (exact) mass is 538 g/mol. The minimum atomic E-state index is -4.55. The van der Waals surface area contributed by atoms with Gasteiger partial charge in [-0.25, -0.2) is 4.98 Å². The third-order valence-corrected chi connectivity index (χ3v) is 6.11. The Bertz CT molecular complexity index is 1450. The van der Waals surface area contributed by atoms with E-state index >= 15 is 0 Å². The molecule has 3 N–H and O–H groups in total. The molecule has 2 amide bonds. The zero-order valence-electron chi connectivity index (χ0n) is 20.9. The highest BCUT2D eigenvalue weighted by molar-refractivity contribution is 6.07. The van der Waals surface area contributed by atoms with Gasteiger partial charge >= 0.3 is 6.18 Å². The number of nitrogens with zero attached hydrogens (tertiary/aromatic N) is 1. The molecule has 1 aliphatic heterocycles. The summed E-state index contributed by atoms with van der Waals surface area (Å²) in [5, 5.41) is 8.14. The summed E-state index contributed by atoms with van der Waals surface area (Å²) in [7, 11) is 1.62. The first-order valence-electron chi connectivity index (χ1n) is 12.3. The smallest absolute Gasteiger partial charge is 0.416 e. The molecule has 2 aromatic carbocycles. The van der Waals surface area contributed by atoms with Crippen LogP contribution in [0.15, 0.2) is 60.3 Å². The number of ether oxygens (including phenoxy) is 2. The Labute approximate surface area is 222 Å². The van der Waals surface area contributed by atoms with E-state index in [1.54, 1.807) is 43.5 Å². The van der Waals surface area contributed by atoms with Crippen LogP contribution >= 0.6 is 0 Å². The molecule has 8 nitrogen and oxygen atoms in total. The van der Waals surface area contributed by atoms with Crippen molar-refractivity contribution < 1.29 is 32.2 Å². The zero-order valence-corrected chi connectivity index (χ0v) is 20.9. The first-order chi connectivity index (χ1) is 18.7. The third-order valence-electron chi connectivity index (χ3n) is 6.11. The molecule has 202 valence electrons. The minimum Gasteiger partial charge on any atom is -0.488 e. The van der Waals surface area contributed by atoms with Gasteiger partial charge in [0.2, 0.25) is 5.91 Å². The first-order valence-corrected chi connectivity index (χ1v) is 12.3. The van der Waals surface area contributed by atoms with Crippen molar-refractivity contribution in [2.75, 3.05) is 24.3 Å². The lowest BCUT2D eigenvalue weighted by atomic mass is 10.1. The molecule has 1 fully saturated rings. The fraction of sp³-hybridized carbons (Fsp3) is 0.250. The number of amides is 2. The summed E-state index contributed by atoms with van der Waals surface area (Å²) < 4.78 is 51.7. The van der Waals surface area contributed by atoms with Crippen LogP contribution in [0.1, 0.15) is 29.5 Å². The van der Waals surface area contributed by atoms with Crippen LogP contribution in [0, 0.1) is 5.92 Å². The van der Waals surface area contributed by atoms with Crippen LogP contribution in [0.2, 0.25) is 0 Å². The largest absolute Gasteiger partial charge is 0.488 e. The number of nitrogens with one attached hydrogen (secondary N) is 3. The minimum absolute atomic E-state index is 0.0334. The Kier molecular flexibility index (Phi) is 7.25. The first kappa shape index (κ1) is 26.2. The van der Waals surface area contributed by atoms with Gasteiger partial charge < -0.3 is 25.4 Å². The van der Waals surface area contributed by atoms with E-state index < -0.39 is 17.6 Å². The Morgan fingerprint density at radius 3 is 2.59 bits per heavy atom. The number of alkyl halides is 3. The van der Waals surface area contributed by atoms with Crippen LogP contribution in [-0.2, 0) is 22.3 Å². The van der Waals surface area contributed by atoms with Gasteiger partial charge in [-0.3, -0.25) is 9.59 Å². The number of halogens is 3. The second-order valence-corrected chi connectivity index (χ2v) is 9.30. The molecule has 0 spiro atoms. The average molecular weight is 539 g/mol. The molecule has 1 saturated carbocycles. The number of anilines is 2. The summed E-state index contributed by atoms with van der Waals surface area (Å²) in [5.74, 6) is 1.22. The number of benzene rings is 2. The molecule has 0 unspecified atom stereocenters. The van der Waals surface area contributed by atoms with Gasteiger partial charge in [0.05, 0.1) is 11.1 Å². The Balaban J connectivity index is 1.31. The van der Waals surface area contributed by atoms with Crippen LogP contribution in [0.25, 0.3) is 6.08 Å². The Hall–Kier alpha value is -4.38. The van der Waals surface area contributed by atoms with Crippen molar-refractivity contribution in [3.8, 4) is 17.2 Å². The van der Waals surface area contributed by atoms with Gasteiger partial charge in [-0.05, 0) is 74.0 Å². The molecule has 2 heterocycles. The van der Waals surface area contributed by atoms with Gasteiger partial charge in [-0.15, -0.1) is 0 Å². The van der Waals surface area contributed by atoms with E-state index in [0.29, 0.717) is 34.2 Å². The predicted molar refractivity (Wildman–Crippen MR) is 138 cm³/mol. The Morgan fingerprint density at radius 2 is 1.85 bits per heavy atom. The molecule has 1 aliphatic carbocycles. The maximum Gasteiger partial charge on any atom is 0.416 e. The van der Waals surface area contributed by atoms with Crippen molar-refractivity contribution in [1.29, 1.82) is 0 Å². The highest BCUT2D eigenvalue weighted by Gasteiger charge is 2.32. The summed E-state index contributed by atoms with van der Waals surface area (Å²) >= 11 is 0. The summed E-state index contributed by atoms with van der Waals surface area (Å²) in [6, 6.07) is 11.8. The summed E-state index contributed by atoms with van der Waals surface area (Å²) in [6.45, 7) is 0.163. The van der Waals surface area contributed by atoms with Crippen molar-refractivity contribution in [1.82, 2.24) is 10.3 Å². The van der Waals surface area contributed by atoms with Gasteiger partial charge in [-0.2, -0.15) is 13.2 Å². The van der Waals surface area contributed by atoms with Crippen LogP contribution in [0.4, 0.5) is 24.7 Å². The number of pyridine rings is 1. The molecular weight excluding hydrogens is 513 g/mol. The van der Waals surface area contributed by atoms with E-state index in [4.69, 9.17) is 9.47 Å². The molecule has 39 heavy (non-hydrogen) atoms. The van der Waals surface area contributed by atoms with E-state index in [9.17, 15) is 22.8 Å². The lowest BCUT2D eigenvalue weighted by molar-refractivity contribution is -0.137. The van der Waals surface area contributed by atoms with Crippen molar-refractivity contribution in [3.63, 3.8) is 0 Å². The Morgan fingerprint density at radius 1 is 1.05 bits per heavy atom. The summed E-state index contributed by atoms with van der Waals surface area (Å²) in [5.41, 5.74) is 0.375. The number of aromatic nitrogens is 1. The molecular formula is C28H25F3N4O4. The highest BCUT2D eigenvalue weighted by Crippen LogP contribution is 2.35. The van der Waals surface area contributed by atoms with Gasteiger partial charge in [-0.1, -0.05) is 0 Å². The molecule has 11 heteroatoms. The van der Waals surface area contributed by atoms with E-state index in [2.05, 4.69) is 20.9 Å². The van der Waals surface area contributed by atoms with E-state index in [1.807, 2.05) is 0 Å². The van der Waals surface area contributed by atoms with E-state index in [0.717, 1.165) is 25.0 Å². The van der Waals surface area contributed by atoms with Gasteiger partial charge in [0.1, 0.15) is 29.7 Å². The van der Waals surface area contributed by atoms with Crippen molar-refractivity contribution in [2.45, 2.75) is 25.6 Å². The molecule has 5 rings (SSSR count). The maximum atomic E-state index is 13.4. The van der Waals surface area contributed by atoms with Crippen LogP contribution in [-0.4, -0.2) is 30.5 Å². The molecule has 0 saturated heterocycles. The third kappa shape index (κ3) is 6.55. The highest BCUT2D eigenvalue weighted by atomic mass is 19.4. The quantitative estimate of drug-likeness (QED) is 0.356. The molecule has 3 aromatic rings. The molecule has 0 bridgehead atoms. The van der Waals surface area contributed by atoms with Gasteiger partial charge in [0.15, 0.2) is 0 Å². The standard InChI is InChI=1S/C28H25F3N4O4/c1-32-14-16-8-20(28(29,30)31)12-21(9-16)34-27(37)19-10-18-11-22(4-5-24(18)38-15-19)39-23-6-7-33-25(13-23)35-26(36)17-2-3-17/h4-13,17,32H,2-3,14-15H2,1H3,(H,34,37)(H,33,35,36). The number of rotatable bonds is 8. The number of hydrogen-bond acceptors (Lipinski definition) is 6. The number of fused-ring (bicyclic) bond motifs is 1. The van der Waals surface area contributed by atoms with Crippen LogP contribution in [0.3, 0.4) is 0 Å². The maximum absolute atomic E-state index is 13.4.